The van der Waals surface area contributed by atoms with E-state index in [-0.39, 0.29) is 16.9 Å². The minimum absolute atomic E-state index is 0.00254. The highest BCUT2D eigenvalue weighted by Gasteiger charge is 2.70. The molecule has 0 bridgehead atoms. The van der Waals surface area contributed by atoms with Crippen LogP contribution in [0.5, 0.6) is 0 Å². The fourth-order valence-electron chi connectivity index (χ4n) is 10.9. The van der Waals surface area contributed by atoms with E-state index in [0.29, 0.717) is 34.5 Å². The van der Waals surface area contributed by atoms with E-state index in [4.69, 9.17) is 0 Å². The molecule has 0 aromatic heterocycles. The molecule has 0 heterocycles. The molecular formula is C27H44O3. The normalized spacial score (nSPS) is 56.9. The Kier molecular flexibility index (Phi) is 4.45. The van der Waals surface area contributed by atoms with Crippen molar-refractivity contribution < 1.29 is 15.0 Å². The van der Waals surface area contributed by atoms with Crippen LogP contribution in [0.4, 0.5) is 0 Å². The lowest BCUT2D eigenvalue weighted by molar-refractivity contribution is -0.246. The maximum atomic E-state index is 12.4. The molecule has 0 aromatic carbocycles. The summed E-state index contributed by atoms with van der Waals surface area (Å²) in [6.45, 7) is 12.4. The molecule has 5 aliphatic carbocycles. The zero-order valence-electron chi connectivity index (χ0n) is 20.0. The molecule has 170 valence electrons. The lowest BCUT2D eigenvalue weighted by Gasteiger charge is -2.72. The van der Waals surface area contributed by atoms with Crippen molar-refractivity contribution in [3.63, 3.8) is 0 Å². The molecule has 0 aliphatic heterocycles. The Morgan fingerprint density at radius 1 is 0.733 bits per heavy atom. The lowest BCUT2D eigenvalue weighted by atomic mass is 9.32. The second-order valence-electron chi connectivity index (χ2n) is 13.5. The molecule has 9 atom stereocenters. The van der Waals surface area contributed by atoms with Crippen molar-refractivity contribution in [1.29, 1.82) is 0 Å². The number of hydrogen-bond acceptors (Lipinski definition) is 2. The van der Waals surface area contributed by atoms with Crippen LogP contribution in [0, 0.1) is 50.7 Å². The minimum atomic E-state index is -0.502. The molecule has 0 radical (unpaired) electrons. The van der Waals surface area contributed by atoms with E-state index in [1.165, 1.54) is 25.7 Å². The fraction of sp³-hybridized carbons (Fsp3) is 0.963. The van der Waals surface area contributed by atoms with E-state index in [0.717, 1.165) is 44.9 Å². The van der Waals surface area contributed by atoms with Crippen molar-refractivity contribution >= 4 is 5.97 Å². The van der Waals surface area contributed by atoms with Crippen molar-refractivity contribution in [3.05, 3.63) is 0 Å². The van der Waals surface area contributed by atoms with Gasteiger partial charge in [0.1, 0.15) is 0 Å². The summed E-state index contributed by atoms with van der Waals surface area (Å²) in [6.07, 6.45) is 12.0. The number of hydrogen-bond donors (Lipinski definition) is 2. The number of fused-ring (bicyclic) bond motifs is 7. The van der Waals surface area contributed by atoms with E-state index in [1.807, 2.05) is 0 Å². The summed E-state index contributed by atoms with van der Waals surface area (Å²) >= 11 is 0. The highest BCUT2D eigenvalue weighted by molar-refractivity contribution is 5.76. The van der Waals surface area contributed by atoms with E-state index in [2.05, 4.69) is 34.6 Å². The largest absolute Gasteiger partial charge is 0.481 e. The number of aliphatic hydroxyl groups is 1. The summed E-state index contributed by atoms with van der Waals surface area (Å²) in [7, 11) is 0. The molecule has 5 saturated carbocycles. The summed E-state index contributed by atoms with van der Waals surface area (Å²) < 4.78 is 0. The van der Waals surface area contributed by atoms with Gasteiger partial charge in [0.25, 0.3) is 0 Å². The van der Waals surface area contributed by atoms with Crippen molar-refractivity contribution in [2.45, 2.75) is 111 Å². The fourth-order valence-corrected chi connectivity index (χ4v) is 10.9. The molecule has 0 aromatic rings. The van der Waals surface area contributed by atoms with Gasteiger partial charge in [0, 0.05) is 0 Å². The topological polar surface area (TPSA) is 57.5 Å². The predicted molar refractivity (Wildman–Crippen MR) is 119 cm³/mol. The molecule has 5 aliphatic rings. The lowest BCUT2D eigenvalue weighted by Crippen LogP contribution is -2.66. The first-order valence-corrected chi connectivity index (χ1v) is 12.8. The molecule has 0 saturated heterocycles. The van der Waals surface area contributed by atoms with Crippen molar-refractivity contribution in [1.82, 2.24) is 0 Å². The Morgan fingerprint density at radius 2 is 1.47 bits per heavy atom. The van der Waals surface area contributed by atoms with Crippen LogP contribution in [0.25, 0.3) is 0 Å². The van der Waals surface area contributed by atoms with E-state index < -0.39 is 11.4 Å². The standard InChI is InChI=1S/C27H44O3/c1-23(2)19-10-14-26(5)20(24(19,3)13-11-21(23)28)9-8-17-18-7-6-12-27(18,22(29)30)16-15-25(17,26)4/h17-21,28H,6-16H2,1-5H3,(H,29,30)/t17?,18?,19?,20?,21?,24?,25-,26-,27?/m1/s1. The maximum absolute atomic E-state index is 12.4. The molecule has 3 heteroatoms. The Hall–Kier alpha value is -0.570. The van der Waals surface area contributed by atoms with Crippen LogP contribution >= 0.6 is 0 Å². The second-order valence-corrected chi connectivity index (χ2v) is 13.5. The number of carbonyl (C=O) groups is 1. The third-order valence-electron chi connectivity index (χ3n) is 12.8. The van der Waals surface area contributed by atoms with Crippen LogP contribution in [0.3, 0.4) is 0 Å². The number of rotatable bonds is 1. The summed E-state index contributed by atoms with van der Waals surface area (Å²) in [6, 6.07) is 0. The van der Waals surface area contributed by atoms with Gasteiger partial charge in [0.15, 0.2) is 0 Å². The minimum Gasteiger partial charge on any atom is -0.481 e. The summed E-state index contributed by atoms with van der Waals surface area (Å²) in [4.78, 5) is 12.4. The monoisotopic (exact) mass is 416 g/mol. The van der Waals surface area contributed by atoms with Gasteiger partial charge in [-0.1, -0.05) is 41.0 Å². The summed E-state index contributed by atoms with van der Waals surface area (Å²) in [5.74, 6) is 1.77. The quantitative estimate of drug-likeness (QED) is 0.528. The molecule has 5 rings (SSSR count). The molecule has 0 spiro atoms. The maximum Gasteiger partial charge on any atom is 0.309 e. The van der Waals surface area contributed by atoms with Gasteiger partial charge in [0.2, 0.25) is 0 Å². The van der Waals surface area contributed by atoms with Crippen LogP contribution in [0.2, 0.25) is 0 Å². The van der Waals surface area contributed by atoms with Gasteiger partial charge < -0.3 is 10.2 Å². The van der Waals surface area contributed by atoms with Gasteiger partial charge in [-0.2, -0.15) is 0 Å². The van der Waals surface area contributed by atoms with Crippen LogP contribution in [0.15, 0.2) is 0 Å². The van der Waals surface area contributed by atoms with Crippen molar-refractivity contribution in [2.75, 3.05) is 0 Å². The van der Waals surface area contributed by atoms with Crippen molar-refractivity contribution in [3.8, 4) is 0 Å². The average molecular weight is 417 g/mol. The zero-order valence-corrected chi connectivity index (χ0v) is 20.0. The molecule has 0 amide bonds. The SMILES string of the molecule is CC1(C)C(O)CCC2(C)C1CC[C@]1(C)C2CCC2C3CCCC3(C(=O)O)CC[C@]21C. The molecule has 5 fully saturated rings. The number of aliphatic hydroxyl groups excluding tert-OH is 1. The Labute approximate surface area is 183 Å². The smallest absolute Gasteiger partial charge is 0.309 e. The van der Waals surface area contributed by atoms with Gasteiger partial charge >= 0.3 is 5.97 Å². The van der Waals surface area contributed by atoms with Crippen LogP contribution in [-0.2, 0) is 4.79 Å². The Balaban J connectivity index is 1.53. The molecule has 3 nitrogen and oxygen atoms in total. The van der Waals surface area contributed by atoms with Crippen LogP contribution in [0.1, 0.15) is 105 Å². The summed E-state index contributed by atoms with van der Waals surface area (Å²) in [5.41, 5.74) is 0.444. The van der Waals surface area contributed by atoms with Gasteiger partial charge in [-0.3, -0.25) is 4.79 Å². The number of carboxylic acid groups (broad SMARTS) is 1. The predicted octanol–water partition coefficient (Wildman–Crippen LogP) is 6.29. The van der Waals surface area contributed by atoms with E-state index in [9.17, 15) is 15.0 Å². The highest BCUT2D eigenvalue weighted by Crippen LogP contribution is 2.76. The third kappa shape index (κ3) is 2.29. The average Bonchev–Trinajstić information content (AvgIpc) is 3.11. The molecule has 30 heavy (non-hydrogen) atoms. The molecule has 2 N–H and O–H groups in total. The van der Waals surface area contributed by atoms with E-state index in [1.54, 1.807) is 0 Å². The summed E-state index contributed by atoms with van der Waals surface area (Å²) in [5, 5.41) is 21.0. The number of aliphatic carboxylic acids is 1. The molecule has 7 unspecified atom stereocenters. The van der Waals surface area contributed by atoms with Crippen LogP contribution in [-0.4, -0.2) is 22.3 Å². The molecular weight excluding hydrogens is 372 g/mol. The first-order chi connectivity index (χ1) is 13.9. The zero-order chi connectivity index (χ0) is 21.7. The first-order valence-electron chi connectivity index (χ1n) is 12.8. The van der Waals surface area contributed by atoms with Gasteiger partial charge in [-0.15, -0.1) is 0 Å². The Bertz CT molecular complexity index is 744. The van der Waals surface area contributed by atoms with Crippen LogP contribution < -0.4 is 0 Å². The van der Waals surface area contributed by atoms with E-state index >= 15 is 0 Å². The van der Waals surface area contributed by atoms with Crippen molar-refractivity contribution in [2.24, 2.45) is 50.7 Å². The second kappa shape index (κ2) is 6.27. The van der Waals surface area contributed by atoms with Gasteiger partial charge in [0.05, 0.1) is 11.5 Å². The van der Waals surface area contributed by atoms with Gasteiger partial charge in [-0.05, 0) is 110 Å². The Morgan fingerprint density at radius 3 is 2.17 bits per heavy atom. The highest BCUT2D eigenvalue weighted by atomic mass is 16.4. The number of carboxylic acids is 1. The third-order valence-corrected chi connectivity index (χ3v) is 12.8. The first kappa shape index (κ1) is 21.3. The van der Waals surface area contributed by atoms with Gasteiger partial charge in [-0.25, -0.2) is 0 Å².